The summed E-state index contributed by atoms with van der Waals surface area (Å²) in [6.45, 7) is 11.1. The van der Waals surface area contributed by atoms with Gasteiger partial charge in [0, 0.05) is 48.7 Å². The van der Waals surface area contributed by atoms with Crippen LogP contribution < -0.4 is 19.1 Å². The molecule has 0 bridgehead atoms. The molecule has 0 saturated carbocycles. The van der Waals surface area contributed by atoms with Crippen LogP contribution in [0.4, 0.5) is 10.1 Å². The summed E-state index contributed by atoms with van der Waals surface area (Å²) in [7, 11) is 1.53. The number of amides is 2. The predicted octanol–water partition coefficient (Wildman–Crippen LogP) is 5.99. The van der Waals surface area contributed by atoms with Gasteiger partial charge in [-0.15, -0.1) is 0 Å². The quantitative estimate of drug-likeness (QED) is 0.262. The van der Waals surface area contributed by atoms with E-state index in [1.54, 1.807) is 30.0 Å². The van der Waals surface area contributed by atoms with Gasteiger partial charge in [0.05, 0.1) is 19.6 Å². The highest BCUT2D eigenvalue weighted by atomic mass is 19.1. The molecular weight excluding hydrogens is 617 g/mol. The average Bonchev–Trinajstić information content (AvgIpc) is 3.73. The number of anilines is 1. The molecule has 0 aromatic heterocycles. The zero-order valence-corrected chi connectivity index (χ0v) is 29.1. The SMILES string of the molecule is CCCC(CCC)N(C(=O)CN1C[C@H](c2cc(OC)c3c(c2)OCO3)[C@@H](C(=O)O)[C@@H]1CCN1CCC(C)(C)C1=O)c1ccc(F)c(C)c1. The van der Waals surface area contributed by atoms with E-state index in [9.17, 15) is 23.9 Å². The summed E-state index contributed by atoms with van der Waals surface area (Å²) < 4.78 is 31.2. The second kappa shape index (κ2) is 14.7. The minimum atomic E-state index is -0.967. The van der Waals surface area contributed by atoms with Gasteiger partial charge in [0.25, 0.3) is 0 Å². The Morgan fingerprint density at radius 2 is 1.88 bits per heavy atom. The zero-order valence-electron chi connectivity index (χ0n) is 29.1. The third kappa shape index (κ3) is 7.11. The molecular formula is C37H50FN3O7. The van der Waals surface area contributed by atoms with E-state index in [0.29, 0.717) is 54.6 Å². The molecule has 3 heterocycles. The van der Waals surface area contributed by atoms with Crippen LogP contribution in [0.5, 0.6) is 17.2 Å². The van der Waals surface area contributed by atoms with Crippen LogP contribution in [0, 0.1) is 24.1 Å². The lowest BCUT2D eigenvalue weighted by atomic mass is 9.84. The molecule has 2 fully saturated rings. The van der Waals surface area contributed by atoms with Gasteiger partial charge in [0.1, 0.15) is 5.82 Å². The van der Waals surface area contributed by atoms with Gasteiger partial charge in [-0.05, 0) is 74.1 Å². The third-order valence-corrected chi connectivity index (χ3v) is 10.3. The lowest BCUT2D eigenvalue weighted by molar-refractivity contribution is -0.143. The van der Waals surface area contributed by atoms with Crippen LogP contribution >= 0.6 is 0 Å². The van der Waals surface area contributed by atoms with Crippen molar-refractivity contribution >= 4 is 23.5 Å². The minimum Gasteiger partial charge on any atom is -0.493 e. The highest BCUT2D eigenvalue weighted by molar-refractivity contribution is 5.95. The summed E-state index contributed by atoms with van der Waals surface area (Å²) in [5.74, 6) is -1.33. The summed E-state index contributed by atoms with van der Waals surface area (Å²) in [5, 5.41) is 10.8. The number of halogens is 1. The Morgan fingerprint density at radius 3 is 2.48 bits per heavy atom. The van der Waals surface area contributed by atoms with Crippen molar-refractivity contribution in [2.45, 2.75) is 91.1 Å². The molecule has 5 rings (SSSR count). The Hall–Kier alpha value is -3.86. The number of hydrogen-bond donors (Lipinski definition) is 1. The van der Waals surface area contributed by atoms with Gasteiger partial charge >= 0.3 is 5.97 Å². The van der Waals surface area contributed by atoms with E-state index in [0.717, 1.165) is 37.7 Å². The molecule has 3 atom stereocenters. The number of benzene rings is 2. The number of carbonyl (C=O) groups excluding carboxylic acids is 2. The number of rotatable bonds is 14. The first-order valence-corrected chi connectivity index (χ1v) is 17.2. The van der Waals surface area contributed by atoms with Gasteiger partial charge in [-0.2, -0.15) is 0 Å². The predicted molar refractivity (Wildman–Crippen MR) is 180 cm³/mol. The average molecular weight is 668 g/mol. The number of carboxylic acids is 1. The zero-order chi connectivity index (χ0) is 34.7. The maximum atomic E-state index is 14.5. The Labute approximate surface area is 283 Å². The van der Waals surface area contributed by atoms with Crippen molar-refractivity contribution in [1.29, 1.82) is 0 Å². The van der Waals surface area contributed by atoms with Gasteiger partial charge < -0.3 is 29.1 Å². The van der Waals surface area contributed by atoms with Crippen molar-refractivity contribution < 1.29 is 38.1 Å². The lowest BCUT2D eigenvalue weighted by Gasteiger charge is -2.35. The summed E-state index contributed by atoms with van der Waals surface area (Å²) in [5.41, 5.74) is 1.36. The first-order chi connectivity index (χ1) is 22.9. The topological polar surface area (TPSA) is 109 Å². The maximum Gasteiger partial charge on any atom is 0.308 e. The van der Waals surface area contributed by atoms with Crippen LogP contribution in [0.15, 0.2) is 30.3 Å². The van der Waals surface area contributed by atoms with E-state index in [4.69, 9.17) is 14.2 Å². The molecule has 2 amide bonds. The second-order valence-electron chi connectivity index (χ2n) is 14.1. The molecule has 0 aliphatic carbocycles. The van der Waals surface area contributed by atoms with Crippen LogP contribution in [-0.2, 0) is 14.4 Å². The summed E-state index contributed by atoms with van der Waals surface area (Å²) >= 11 is 0. The first-order valence-electron chi connectivity index (χ1n) is 17.2. The van der Waals surface area contributed by atoms with Gasteiger partial charge in [0.15, 0.2) is 11.5 Å². The standard InChI is InChI=1S/C37H50FN3O7/c1-7-9-25(10-8-2)41(26-11-12-28(38)23(3)17-26)32(42)21-40-20-27(24-18-30(46-6)34-31(19-24)47-22-48-34)33(35(43)44)29(40)13-15-39-16-14-37(4,5)36(39)45/h11-12,17-19,25,27,29,33H,7-10,13-16,20-22H2,1-6H3,(H,43,44)/t27-,29+,33-/m1/s1. The first kappa shape index (κ1) is 35.4. The number of hydrogen-bond acceptors (Lipinski definition) is 7. The van der Waals surface area contributed by atoms with E-state index < -0.39 is 29.3 Å². The van der Waals surface area contributed by atoms with Crippen molar-refractivity contribution in [2.75, 3.05) is 45.0 Å². The Bertz CT molecular complexity index is 1510. The van der Waals surface area contributed by atoms with Crippen LogP contribution in [0.3, 0.4) is 0 Å². The number of likely N-dealkylation sites (tertiary alicyclic amines) is 2. The van der Waals surface area contributed by atoms with E-state index in [-0.39, 0.29) is 37.0 Å². The molecule has 1 N–H and O–H groups in total. The molecule has 3 aliphatic heterocycles. The highest BCUT2D eigenvalue weighted by Gasteiger charge is 2.49. The number of fused-ring (bicyclic) bond motifs is 1. The fraction of sp³-hybridized carbons (Fsp3) is 0.595. The normalized spacial score (nSPS) is 21.7. The Balaban J connectivity index is 1.51. The number of carbonyl (C=O) groups is 3. The largest absolute Gasteiger partial charge is 0.493 e. The van der Waals surface area contributed by atoms with Crippen molar-refractivity contribution in [3.63, 3.8) is 0 Å². The van der Waals surface area contributed by atoms with Crippen molar-refractivity contribution in [2.24, 2.45) is 11.3 Å². The monoisotopic (exact) mass is 667 g/mol. The number of aliphatic carboxylic acids is 1. The highest BCUT2D eigenvalue weighted by Crippen LogP contribution is 2.47. The van der Waals surface area contributed by atoms with E-state index in [1.165, 1.54) is 13.2 Å². The molecule has 2 aromatic rings. The van der Waals surface area contributed by atoms with Crippen molar-refractivity contribution in [3.05, 3.63) is 47.3 Å². The van der Waals surface area contributed by atoms with E-state index in [1.807, 2.05) is 29.7 Å². The molecule has 2 saturated heterocycles. The van der Waals surface area contributed by atoms with Gasteiger partial charge in [-0.1, -0.05) is 40.5 Å². The summed E-state index contributed by atoms with van der Waals surface area (Å²) in [6.07, 6.45) is 4.44. The number of ether oxygens (including phenoxy) is 3. The third-order valence-electron chi connectivity index (χ3n) is 10.3. The van der Waals surface area contributed by atoms with Crippen LogP contribution in [0.2, 0.25) is 0 Å². The number of carboxylic acid groups (broad SMARTS) is 1. The summed E-state index contributed by atoms with van der Waals surface area (Å²) in [4.78, 5) is 46.4. The smallest absolute Gasteiger partial charge is 0.308 e. The van der Waals surface area contributed by atoms with E-state index >= 15 is 0 Å². The number of nitrogens with zero attached hydrogens (tertiary/aromatic N) is 3. The van der Waals surface area contributed by atoms with Crippen LogP contribution in [0.25, 0.3) is 0 Å². The second-order valence-corrected chi connectivity index (χ2v) is 14.1. The van der Waals surface area contributed by atoms with Gasteiger partial charge in [-0.25, -0.2) is 4.39 Å². The van der Waals surface area contributed by atoms with Gasteiger partial charge in [-0.3, -0.25) is 19.3 Å². The van der Waals surface area contributed by atoms with E-state index in [2.05, 4.69) is 13.8 Å². The number of methoxy groups -OCH3 is 1. The molecule has 0 unspecified atom stereocenters. The fourth-order valence-electron chi connectivity index (χ4n) is 7.76. The van der Waals surface area contributed by atoms with Crippen molar-refractivity contribution in [3.8, 4) is 17.2 Å². The minimum absolute atomic E-state index is 0.0214. The lowest BCUT2D eigenvalue weighted by Crippen LogP contribution is -2.48. The molecule has 3 aliphatic rings. The molecule has 48 heavy (non-hydrogen) atoms. The van der Waals surface area contributed by atoms with Crippen LogP contribution in [0.1, 0.15) is 83.3 Å². The fourth-order valence-corrected chi connectivity index (χ4v) is 7.76. The molecule has 11 heteroatoms. The number of aryl methyl sites for hydroxylation is 1. The van der Waals surface area contributed by atoms with Crippen molar-refractivity contribution in [1.82, 2.24) is 9.80 Å². The van der Waals surface area contributed by atoms with Gasteiger partial charge in [0.2, 0.25) is 24.4 Å². The molecule has 262 valence electrons. The Morgan fingerprint density at radius 1 is 1.15 bits per heavy atom. The van der Waals surface area contributed by atoms with Crippen LogP contribution in [-0.4, -0.2) is 84.9 Å². The molecule has 2 aromatic carbocycles. The Kier molecular flexibility index (Phi) is 10.9. The summed E-state index contributed by atoms with van der Waals surface area (Å²) in [6, 6.07) is 7.76. The molecule has 0 spiro atoms. The molecule has 0 radical (unpaired) electrons. The maximum absolute atomic E-state index is 14.5. The molecule has 10 nitrogen and oxygen atoms in total.